The second-order valence-corrected chi connectivity index (χ2v) is 5.04. The highest BCUT2D eigenvalue weighted by Gasteiger charge is 2.17. The average Bonchev–Trinajstić information content (AvgIpc) is 3.04. The Morgan fingerprint density at radius 1 is 1.10 bits per heavy atom. The van der Waals surface area contributed by atoms with Gasteiger partial charge >= 0.3 is 0 Å². The van der Waals surface area contributed by atoms with Crippen LogP contribution < -0.4 is 5.32 Å². The number of nitrogens with zero attached hydrogens (tertiary/aromatic N) is 1. The van der Waals surface area contributed by atoms with E-state index in [0.29, 0.717) is 10.7 Å². The number of hydrogen-bond acceptors (Lipinski definition) is 3. The van der Waals surface area contributed by atoms with E-state index in [-0.39, 0.29) is 11.8 Å². The Hall–Kier alpha value is -2.46. The van der Waals surface area contributed by atoms with E-state index in [1.54, 1.807) is 30.7 Å². The summed E-state index contributed by atoms with van der Waals surface area (Å²) in [6, 6.07) is 15.0. The molecule has 0 aliphatic rings. The number of H-pyrrole nitrogens is 1. The van der Waals surface area contributed by atoms with Gasteiger partial charge in [0.2, 0.25) is 0 Å². The van der Waals surface area contributed by atoms with Crippen molar-refractivity contribution in [2.24, 2.45) is 0 Å². The lowest BCUT2D eigenvalue weighted by Crippen LogP contribution is -2.12. The Balaban J connectivity index is 1.99. The van der Waals surface area contributed by atoms with Crippen LogP contribution in [-0.2, 0) is 0 Å². The Kier molecular flexibility index (Phi) is 3.79. The van der Waals surface area contributed by atoms with Gasteiger partial charge in [-0.2, -0.15) is 0 Å². The number of aromatic nitrogens is 2. The Morgan fingerprint density at radius 3 is 2.62 bits per heavy atom. The van der Waals surface area contributed by atoms with E-state index < -0.39 is 0 Å². The van der Waals surface area contributed by atoms with E-state index in [1.807, 2.05) is 30.3 Å². The highest BCUT2D eigenvalue weighted by molar-refractivity contribution is 6.32. The first kappa shape index (κ1) is 13.5. The summed E-state index contributed by atoms with van der Waals surface area (Å²) in [5.74, 6) is 0.0413. The molecule has 21 heavy (non-hydrogen) atoms. The van der Waals surface area contributed by atoms with Gasteiger partial charge in [0.25, 0.3) is 0 Å². The summed E-state index contributed by atoms with van der Waals surface area (Å²) in [6.07, 6.45) is 3.39. The van der Waals surface area contributed by atoms with E-state index in [0.717, 1.165) is 11.3 Å². The number of imidazole rings is 1. The SMILES string of the molecule is Oc1c(Cl)cccc1NC(c1ccccc1)c1cnc[nH]1. The van der Waals surface area contributed by atoms with Crippen LogP contribution in [0.5, 0.6) is 5.75 Å². The number of benzene rings is 2. The first-order chi connectivity index (χ1) is 10.3. The van der Waals surface area contributed by atoms with Gasteiger partial charge in [-0.25, -0.2) is 4.98 Å². The molecule has 1 atom stereocenters. The minimum absolute atomic E-state index is 0.0413. The van der Waals surface area contributed by atoms with Crippen molar-refractivity contribution in [3.8, 4) is 5.75 Å². The summed E-state index contributed by atoms with van der Waals surface area (Å²) in [7, 11) is 0. The van der Waals surface area contributed by atoms with Crippen LogP contribution in [0.2, 0.25) is 5.02 Å². The summed E-state index contributed by atoms with van der Waals surface area (Å²) < 4.78 is 0. The maximum absolute atomic E-state index is 10.1. The molecule has 3 aromatic rings. The molecule has 0 fully saturated rings. The number of aromatic hydroxyl groups is 1. The van der Waals surface area contributed by atoms with Crippen LogP contribution in [0.15, 0.2) is 61.1 Å². The van der Waals surface area contributed by atoms with Crippen LogP contribution in [0.3, 0.4) is 0 Å². The molecule has 0 amide bonds. The van der Waals surface area contributed by atoms with E-state index in [9.17, 15) is 5.11 Å². The molecule has 0 bridgehead atoms. The van der Waals surface area contributed by atoms with Gasteiger partial charge in [0.15, 0.2) is 5.75 Å². The van der Waals surface area contributed by atoms with Gasteiger partial charge in [-0.1, -0.05) is 48.0 Å². The topological polar surface area (TPSA) is 60.9 Å². The summed E-state index contributed by atoms with van der Waals surface area (Å²) >= 11 is 5.96. The molecular formula is C16H14ClN3O. The lowest BCUT2D eigenvalue weighted by atomic mass is 10.0. The quantitative estimate of drug-likeness (QED) is 0.639. The molecular weight excluding hydrogens is 286 g/mol. The lowest BCUT2D eigenvalue weighted by Gasteiger charge is -2.20. The van der Waals surface area contributed by atoms with Crippen LogP contribution in [0.4, 0.5) is 5.69 Å². The lowest BCUT2D eigenvalue weighted by molar-refractivity contribution is 0.477. The molecule has 1 heterocycles. The van der Waals surface area contributed by atoms with Crippen LogP contribution in [0.1, 0.15) is 17.3 Å². The van der Waals surface area contributed by atoms with Gasteiger partial charge in [0, 0.05) is 0 Å². The Bertz CT molecular complexity index is 714. The molecule has 106 valence electrons. The number of phenols is 1. The monoisotopic (exact) mass is 299 g/mol. The number of nitrogens with one attached hydrogen (secondary N) is 2. The smallest absolute Gasteiger partial charge is 0.157 e. The Morgan fingerprint density at radius 2 is 1.90 bits per heavy atom. The summed E-state index contributed by atoms with van der Waals surface area (Å²) in [4.78, 5) is 7.17. The zero-order chi connectivity index (χ0) is 14.7. The maximum Gasteiger partial charge on any atom is 0.157 e. The predicted octanol–water partition coefficient (Wildman–Crippen LogP) is 3.97. The average molecular weight is 300 g/mol. The normalized spacial score (nSPS) is 12.0. The summed E-state index contributed by atoms with van der Waals surface area (Å²) in [5, 5.41) is 13.7. The molecule has 0 saturated heterocycles. The van der Waals surface area contributed by atoms with Crippen LogP contribution in [0.25, 0.3) is 0 Å². The summed E-state index contributed by atoms with van der Waals surface area (Å²) in [6.45, 7) is 0. The molecule has 3 N–H and O–H groups in total. The fourth-order valence-corrected chi connectivity index (χ4v) is 2.37. The molecule has 0 saturated carbocycles. The van der Waals surface area contributed by atoms with E-state index in [2.05, 4.69) is 15.3 Å². The fraction of sp³-hybridized carbons (Fsp3) is 0.0625. The van der Waals surface area contributed by atoms with Crippen molar-refractivity contribution in [1.29, 1.82) is 0 Å². The molecule has 1 aromatic heterocycles. The van der Waals surface area contributed by atoms with Crippen molar-refractivity contribution >= 4 is 17.3 Å². The number of halogens is 1. The van der Waals surface area contributed by atoms with Gasteiger partial charge in [-0.3, -0.25) is 0 Å². The number of rotatable bonds is 4. The second kappa shape index (κ2) is 5.89. The van der Waals surface area contributed by atoms with Gasteiger partial charge in [-0.05, 0) is 17.7 Å². The summed E-state index contributed by atoms with van der Waals surface area (Å²) in [5.41, 5.74) is 2.53. The second-order valence-electron chi connectivity index (χ2n) is 4.63. The number of phenolic OH excluding ortho intramolecular Hbond substituents is 1. The van der Waals surface area contributed by atoms with Crippen molar-refractivity contribution in [2.45, 2.75) is 6.04 Å². The molecule has 2 aromatic carbocycles. The van der Waals surface area contributed by atoms with Crippen LogP contribution >= 0.6 is 11.6 Å². The minimum atomic E-state index is -0.155. The largest absolute Gasteiger partial charge is 0.504 e. The van der Waals surface area contributed by atoms with Crippen molar-refractivity contribution in [1.82, 2.24) is 9.97 Å². The number of anilines is 1. The van der Waals surface area contributed by atoms with Gasteiger partial charge in [0.05, 0.1) is 35.0 Å². The molecule has 0 aliphatic heterocycles. The van der Waals surface area contributed by atoms with E-state index in [4.69, 9.17) is 11.6 Å². The zero-order valence-electron chi connectivity index (χ0n) is 11.1. The van der Waals surface area contributed by atoms with Crippen molar-refractivity contribution in [3.05, 3.63) is 77.3 Å². The predicted molar refractivity (Wildman–Crippen MR) is 83.6 cm³/mol. The van der Waals surface area contributed by atoms with Crippen LogP contribution in [-0.4, -0.2) is 15.1 Å². The van der Waals surface area contributed by atoms with Gasteiger partial charge in [-0.15, -0.1) is 0 Å². The third kappa shape index (κ3) is 2.85. The molecule has 5 heteroatoms. The Labute approximate surface area is 127 Å². The third-order valence-corrected chi connectivity index (χ3v) is 3.55. The zero-order valence-corrected chi connectivity index (χ0v) is 11.9. The molecule has 4 nitrogen and oxygen atoms in total. The molecule has 1 unspecified atom stereocenters. The first-order valence-corrected chi connectivity index (χ1v) is 6.91. The number of para-hydroxylation sites is 1. The van der Waals surface area contributed by atoms with Crippen molar-refractivity contribution in [2.75, 3.05) is 5.32 Å². The molecule has 0 spiro atoms. The van der Waals surface area contributed by atoms with Gasteiger partial charge in [0.1, 0.15) is 0 Å². The fourth-order valence-electron chi connectivity index (χ4n) is 2.20. The molecule has 0 aliphatic carbocycles. The van der Waals surface area contributed by atoms with Crippen LogP contribution in [0, 0.1) is 0 Å². The van der Waals surface area contributed by atoms with E-state index >= 15 is 0 Å². The third-order valence-electron chi connectivity index (χ3n) is 3.25. The van der Waals surface area contributed by atoms with E-state index in [1.165, 1.54) is 0 Å². The molecule has 0 radical (unpaired) electrons. The number of aromatic amines is 1. The van der Waals surface area contributed by atoms with Gasteiger partial charge < -0.3 is 15.4 Å². The highest BCUT2D eigenvalue weighted by atomic mass is 35.5. The maximum atomic E-state index is 10.1. The number of hydrogen-bond donors (Lipinski definition) is 3. The standard InChI is InChI=1S/C16H14ClN3O/c17-12-7-4-8-13(16(12)21)20-15(14-9-18-10-19-14)11-5-2-1-3-6-11/h1-10,15,20-21H,(H,18,19). The first-order valence-electron chi connectivity index (χ1n) is 6.53. The van der Waals surface area contributed by atoms with Crippen molar-refractivity contribution in [3.63, 3.8) is 0 Å². The van der Waals surface area contributed by atoms with Crippen molar-refractivity contribution < 1.29 is 5.11 Å². The highest BCUT2D eigenvalue weighted by Crippen LogP contribution is 2.35. The minimum Gasteiger partial charge on any atom is -0.504 e. The molecule has 3 rings (SSSR count).